The Hall–Kier alpha value is -4.67. The molecule has 222 valence electrons. The van der Waals surface area contributed by atoms with Crippen molar-refractivity contribution in [3.05, 3.63) is 108 Å². The van der Waals surface area contributed by atoms with Crippen LogP contribution in [0.15, 0.2) is 106 Å². The summed E-state index contributed by atoms with van der Waals surface area (Å²) in [5, 5.41) is 13.9. The van der Waals surface area contributed by atoms with E-state index in [0.717, 1.165) is 16.5 Å². The van der Waals surface area contributed by atoms with Gasteiger partial charge in [0.25, 0.3) is 0 Å². The minimum atomic E-state index is -4.11. The number of benzene rings is 4. The number of nitrogens with one attached hydrogen (secondary N) is 2. The van der Waals surface area contributed by atoms with Crippen molar-refractivity contribution in [2.75, 3.05) is 6.54 Å². The van der Waals surface area contributed by atoms with E-state index in [4.69, 9.17) is 9.15 Å². The average Bonchev–Trinajstić information content (AvgIpc) is 3.38. The molecule has 0 aliphatic carbocycles. The maximum absolute atomic E-state index is 13.1. The van der Waals surface area contributed by atoms with E-state index in [9.17, 15) is 23.1 Å². The largest absolute Gasteiger partial charge is 0.489 e. The number of hydrogen-bond donors (Lipinski definition) is 3. The van der Waals surface area contributed by atoms with Crippen LogP contribution in [-0.4, -0.2) is 38.0 Å². The second-order valence-corrected chi connectivity index (χ2v) is 11.9. The number of fused-ring (bicyclic) bond motifs is 3. The molecule has 1 unspecified atom stereocenters. The summed E-state index contributed by atoms with van der Waals surface area (Å²) in [6.45, 7) is 0.720. The van der Waals surface area contributed by atoms with Gasteiger partial charge in [-0.05, 0) is 55.2 Å². The van der Waals surface area contributed by atoms with Crippen LogP contribution in [0.5, 0.6) is 5.75 Å². The fraction of sp³-hybridized carbons (Fsp3) is 0.212. The molecule has 0 bridgehead atoms. The van der Waals surface area contributed by atoms with Gasteiger partial charge in [-0.1, -0.05) is 66.7 Å². The summed E-state index contributed by atoms with van der Waals surface area (Å²) in [6.07, 6.45) is 1.08. The van der Waals surface area contributed by atoms with E-state index in [2.05, 4.69) is 10.0 Å². The number of sulfonamides is 1. The molecule has 1 atom stereocenters. The van der Waals surface area contributed by atoms with Gasteiger partial charge in [-0.25, -0.2) is 8.42 Å². The number of aliphatic carboxylic acids is 1. The van der Waals surface area contributed by atoms with Crippen LogP contribution in [0.3, 0.4) is 0 Å². The third kappa shape index (κ3) is 7.59. The molecular formula is C33H32N2O7S. The highest BCUT2D eigenvalue weighted by Gasteiger charge is 2.26. The summed E-state index contributed by atoms with van der Waals surface area (Å²) in [7, 11) is -4.11. The average molecular weight is 601 g/mol. The summed E-state index contributed by atoms with van der Waals surface area (Å²) in [5.41, 5.74) is 2.96. The molecule has 0 aliphatic heterocycles. The molecule has 0 radical (unpaired) electrons. The Kier molecular flexibility index (Phi) is 9.38. The van der Waals surface area contributed by atoms with Crippen LogP contribution in [-0.2, 0) is 32.6 Å². The van der Waals surface area contributed by atoms with Crippen molar-refractivity contribution < 1.29 is 32.3 Å². The minimum Gasteiger partial charge on any atom is -0.489 e. The van der Waals surface area contributed by atoms with Gasteiger partial charge in [0.05, 0.1) is 11.3 Å². The molecule has 3 N–H and O–H groups in total. The summed E-state index contributed by atoms with van der Waals surface area (Å²) in [6, 6.07) is 27.6. The topological polar surface area (TPSA) is 135 Å². The normalized spacial score (nSPS) is 12.3. The van der Waals surface area contributed by atoms with E-state index < -0.39 is 22.0 Å². The fourth-order valence-electron chi connectivity index (χ4n) is 4.82. The van der Waals surface area contributed by atoms with Crippen LogP contribution in [0, 0.1) is 0 Å². The van der Waals surface area contributed by atoms with Crippen LogP contribution in [0.2, 0.25) is 0 Å². The maximum Gasteiger partial charge on any atom is 0.321 e. The van der Waals surface area contributed by atoms with Crippen molar-refractivity contribution in [1.29, 1.82) is 0 Å². The lowest BCUT2D eigenvalue weighted by Gasteiger charge is -2.15. The van der Waals surface area contributed by atoms with Gasteiger partial charge < -0.3 is 19.6 Å². The Bertz CT molecular complexity index is 1830. The van der Waals surface area contributed by atoms with E-state index in [-0.39, 0.29) is 23.6 Å². The van der Waals surface area contributed by atoms with E-state index >= 15 is 0 Å². The number of carboxylic acids is 1. The van der Waals surface area contributed by atoms with Crippen molar-refractivity contribution in [3.8, 4) is 5.75 Å². The lowest BCUT2D eigenvalue weighted by atomic mass is 10.1. The van der Waals surface area contributed by atoms with E-state index in [1.807, 2.05) is 72.8 Å². The molecule has 5 aromatic rings. The number of para-hydroxylation sites is 2. The van der Waals surface area contributed by atoms with Gasteiger partial charge in [0.15, 0.2) is 0 Å². The molecule has 43 heavy (non-hydrogen) atoms. The third-order valence-corrected chi connectivity index (χ3v) is 8.53. The van der Waals surface area contributed by atoms with Gasteiger partial charge in [0, 0.05) is 22.9 Å². The summed E-state index contributed by atoms with van der Waals surface area (Å²) in [5.74, 6) is -0.818. The highest BCUT2D eigenvalue weighted by atomic mass is 32.2. The van der Waals surface area contributed by atoms with Gasteiger partial charge >= 0.3 is 5.97 Å². The molecule has 1 heterocycles. The van der Waals surface area contributed by atoms with Gasteiger partial charge in [-0.15, -0.1) is 0 Å². The summed E-state index contributed by atoms with van der Waals surface area (Å²) >= 11 is 0. The SMILES string of the molecule is O=C(Cc1ccccc1OCc1ccccc1)NCCCCC(NS(=O)(=O)c1ccc2oc3ccccc3c2c1)C(=O)O. The molecule has 0 saturated carbocycles. The standard InChI is InChI=1S/C33H32N2O7S/c36-32(20-24-12-4-6-15-29(24)41-22-23-10-2-1-3-11-23)34-19-9-8-14-28(33(37)38)35-43(39,40)25-17-18-31-27(21-25)26-13-5-7-16-30(26)42-31/h1-7,10-13,15-18,21,28,35H,8-9,14,19-20,22H2,(H,34,36)(H,37,38). The molecule has 1 amide bonds. The highest BCUT2D eigenvalue weighted by molar-refractivity contribution is 7.89. The number of furan rings is 1. The summed E-state index contributed by atoms with van der Waals surface area (Å²) < 4.78 is 40.2. The van der Waals surface area contributed by atoms with E-state index in [1.165, 1.54) is 12.1 Å². The zero-order valence-electron chi connectivity index (χ0n) is 23.4. The van der Waals surface area contributed by atoms with Crippen LogP contribution < -0.4 is 14.8 Å². The molecule has 5 rings (SSSR count). The van der Waals surface area contributed by atoms with Crippen molar-refractivity contribution in [3.63, 3.8) is 0 Å². The van der Waals surface area contributed by atoms with Gasteiger partial charge in [-0.2, -0.15) is 4.72 Å². The first-order valence-corrected chi connectivity index (χ1v) is 15.5. The Morgan fingerprint density at radius 1 is 0.837 bits per heavy atom. The molecule has 0 saturated heterocycles. The fourth-order valence-corrected chi connectivity index (χ4v) is 6.07. The van der Waals surface area contributed by atoms with E-state index in [0.29, 0.717) is 48.3 Å². The Morgan fingerprint density at radius 3 is 2.37 bits per heavy atom. The molecule has 0 fully saturated rings. The predicted octanol–water partition coefficient (Wildman–Crippen LogP) is 5.43. The third-order valence-electron chi connectivity index (χ3n) is 7.06. The van der Waals surface area contributed by atoms with Gasteiger partial charge in [0.1, 0.15) is 29.6 Å². The molecule has 0 spiro atoms. The number of carboxylic acid groups (broad SMARTS) is 1. The molecular weight excluding hydrogens is 568 g/mol. The Labute approximate surface area is 249 Å². The van der Waals surface area contributed by atoms with Crippen LogP contribution in [0.4, 0.5) is 0 Å². The second kappa shape index (κ2) is 13.5. The zero-order valence-corrected chi connectivity index (χ0v) is 24.2. The van der Waals surface area contributed by atoms with Crippen LogP contribution >= 0.6 is 0 Å². The monoisotopic (exact) mass is 600 g/mol. The molecule has 4 aromatic carbocycles. The number of carbonyl (C=O) groups is 2. The maximum atomic E-state index is 13.1. The molecule has 10 heteroatoms. The van der Waals surface area contributed by atoms with Gasteiger partial charge in [0.2, 0.25) is 15.9 Å². The molecule has 0 aliphatic rings. The molecule has 1 aromatic heterocycles. The number of carbonyl (C=O) groups excluding carboxylic acids is 1. The van der Waals surface area contributed by atoms with Crippen LogP contribution in [0.1, 0.15) is 30.4 Å². The first-order chi connectivity index (χ1) is 20.8. The van der Waals surface area contributed by atoms with E-state index in [1.54, 1.807) is 12.1 Å². The lowest BCUT2D eigenvalue weighted by Crippen LogP contribution is -2.40. The predicted molar refractivity (Wildman–Crippen MR) is 163 cm³/mol. The number of amides is 1. The first-order valence-electron chi connectivity index (χ1n) is 14.0. The number of rotatable bonds is 14. The smallest absolute Gasteiger partial charge is 0.321 e. The van der Waals surface area contributed by atoms with Gasteiger partial charge in [-0.3, -0.25) is 9.59 Å². The second-order valence-electron chi connectivity index (χ2n) is 10.2. The number of unbranched alkanes of at least 4 members (excludes halogenated alkanes) is 1. The Balaban J connectivity index is 1.10. The van der Waals surface area contributed by atoms with Crippen molar-refractivity contribution in [1.82, 2.24) is 10.0 Å². The highest BCUT2D eigenvalue weighted by Crippen LogP contribution is 2.30. The minimum absolute atomic E-state index is 0.0434. The number of ether oxygens (including phenoxy) is 1. The zero-order chi connectivity index (χ0) is 30.2. The molecule has 9 nitrogen and oxygen atoms in total. The van der Waals surface area contributed by atoms with Crippen molar-refractivity contribution in [2.24, 2.45) is 0 Å². The lowest BCUT2D eigenvalue weighted by molar-refractivity contribution is -0.139. The Morgan fingerprint density at radius 2 is 1.56 bits per heavy atom. The van der Waals surface area contributed by atoms with Crippen LogP contribution in [0.25, 0.3) is 21.9 Å². The van der Waals surface area contributed by atoms with Crippen molar-refractivity contribution >= 4 is 43.8 Å². The number of hydrogen-bond acceptors (Lipinski definition) is 6. The first kappa shape index (κ1) is 29.8. The van der Waals surface area contributed by atoms with Crippen molar-refractivity contribution in [2.45, 2.75) is 43.2 Å². The quantitative estimate of drug-likeness (QED) is 0.145. The summed E-state index contributed by atoms with van der Waals surface area (Å²) in [4.78, 5) is 24.4.